The van der Waals surface area contributed by atoms with E-state index in [0.29, 0.717) is 9.90 Å². The number of amides is 1. The summed E-state index contributed by atoms with van der Waals surface area (Å²) in [5.41, 5.74) is 3.62. The highest BCUT2D eigenvalue weighted by Gasteiger charge is 2.27. The third-order valence-corrected chi connectivity index (χ3v) is 4.12. The number of rotatable bonds is 2. The molecule has 106 valence electrons. The number of nitrogen functional groups attached to an aromatic ring is 1. The molecule has 2 aromatic rings. The summed E-state index contributed by atoms with van der Waals surface area (Å²) in [5.74, 6) is 4.93. The molecule has 0 saturated carbocycles. The van der Waals surface area contributed by atoms with Crippen LogP contribution < -0.4 is 11.3 Å². The third kappa shape index (κ3) is 3.00. The molecule has 4 nitrogen and oxygen atoms in total. The van der Waals surface area contributed by atoms with Gasteiger partial charge in [0.05, 0.1) is 5.69 Å². The van der Waals surface area contributed by atoms with Crippen LogP contribution in [0, 0.1) is 0 Å². The van der Waals surface area contributed by atoms with Gasteiger partial charge in [-0.05, 0) is 12.1 Å². The van der Waals surface area contributed by atoms with Crippen molar-refractivity contribution in [2.45, 2.75) is 26.2 Å². The first kappa shape index (κ1) is 15.0. The molecule has 20 heavy (non-hydrogen) atoms. The Morgan fingerprint density at radius 2 is 1.90 bits per heavy atom. The van der Waals surface area contributed by atoms with Gasteiger partial charge in [-0.15, -0.1) is 11.3 Å². The molecule has 1 amide bonds. The molecule has 0 saturated heterocycles. The molecule has 0 aliphatic carbocycles. The number of hydrazine groups is 1. The van der Waals surface area contributed by atoms with E-state index in [0.717, 1.165) is 16.3 Å². The minimum Gasteiger partial charge on any atom is -0.289 e. The summed E-state index contributed by atoms with van der Waals surface area (Å²) in [7, 11) is 0. The van der Waals surface area contributed by atoms with E-state index in [-0.39, 0.29) is 11.3 Å². The van der Waals surface area contributed by atoms with Crippen LogP contribution >= 0.6 is 22.9 Å². The first-order chi connectivity index (χ1) is 9.32. The van der Waals surface area contributed by atoms with Gasteiger partial charge in [0.2, 0.25) is 0 Å². The van der Waals surface area contributed by atoms with E-state index >= 15 is 0 Å². The molecule has 0 bridgehead atoms. The maximum Gasteiger partial charge on any atom is 0.277 e. The lowest BCUT2D eigenvalue weighted by Gasteiger charge is -2.16. The van der Waals surface area contributed by atoms with Crippen LogP contribution in [-0.4, -0.2) is 10.9 Å². The molecule has 0 aliphatic heterocycles. The summed E-state index contributed by atoms with van der Waals surface area (Å²) in [6, 6.07) is 7.38. The maximum absolute atomic E-state index is 11.9. The van der Waals surface area contributed by atoms with E-state index in [1.54, 1.807) is 12.1 Å². The minimum atomic E-state index is -0.312. The van der Waals surface area contributed by atoms with Crippen molar-refractivity contribution < 1.29 is 4.79 Å². The van der Waals surface area contributed by atoms with Gasteiger partial charge in [0.15, 0.2) is 0 Å². The van der Waals surface area contributed by atoms with Crippen LogP contribution in [0.3, 0.4) is 0 Å². The number of hydrogen-bond donors (Lipinski definition) is 2. The van der Waals surface area contributed by atoms with Crippen LogP contribution in [0.15, 0.2) is 24.3 Å². The van der Waals surface area contributed by atoms with E-state index in [1.165, 1.54) is 11.3 Å². The van der Waals surface area contributed by atoms with Crippen LogP contribution in [0.2, 0.25) is 5.02 Å². The van der Waals surface area contributed by atoms with Gasteiger partial charge < -0.3 is 0 Å². The van der Waals surface area contributed by atoms with E-state index in [1.807, 2.05) is 32.9 Å². The fraction of sp³-hybridized carbons (Fsp3) is 0.286. The van der Waals surface area contributed by atoms with Crippen LogP contribution in [-0.2, 0) is 5.41 Å². The second kappa shape index (κ2) is 5.52. The van der Waals surface area contributed by atoms with Crippen LogP contribution in [0.5, 0.6) is 0 Å². The summed E-state index contributed by atoms with van der Waals surface area (Å²) in [4.78, 5) is 17.0. The highest BCUT2D eigenvalue weighted by Crippen LogP contribution is 2.34. The van der Waals surface area contributed by atoms with Gasteiger partial charge in [-0.25, -0.2) is 10.8 Å². The Bertz CT molecular complexity index is 629. The quantitative estimate of drug-likeness (QED) is 0.508. The number of carbonyl (C=O) groups is 1. The predicted octanol–water partition coefficient (Wildman–Crippen LogP) is 3.36. The average molecular weight is 310 g/mol. The third-order valence-electron chi connectivity index (χ3n) is 2.77. The van der Waals surface area contributed by atoms with Crippen molar-refractivity contribution in [3.8, 4) is 10.6 Å². The van der Waals surface area contributed by atoms with E-state index in [2.05, 4.69) is 10.4 Å². The standard InChI is InChI=1S/C14H16ClN3OS/c1-14(2,3)11-10(12(19)18-16)20-13(17-11)8-4-6-9(15)7-5-8/h4-7H,16H2,1-3H3,(H,18,19). The molecule has 0 atom stereocenters. The number of benzene rings is 1. The van der Waals surface area contributed by atoms with Crippen molar-refractivity contribution in [1.29, 1.82) is 0 Å². The Kier molecular flexibility index (Phi) is 4.13. The van der Waals surface area contributed by atoms with Gasteiger partial charge in [0.1, 0.15) is 9.88 Å². The lowest BCUT2D eigenvalue weighted by molar-refractivity contribution is 0.0955. The van der Waals surface area contributed by atoms with Gasteiger partial charge in [-0.3, -0.25) is 10.2 Å². The van der Waals surface area contributed by atoms with Gasteiger partial charge >= 0.3 is 0 Å². The Balaban J connectivity index is 2.54. The lowest BCUT2D eigenvalue weighted by Crippen LogP contribution is -2.31. The number of nitrogens with one attached hydrogen (secondary N) is 1. The zero-order valence-electron chi connectivity index (χ0n) is 11.5. The van der Waals surface area contributed by atoms with E-state index in [4.69, 9.17) is 17.4 Å². The molecule has 2 rings (SSSR count). The van der Waals surface area contributed by atoms with Crippen molar-refractivity contribution >= 4 is 28.8 Å². The molecule has 0 fully saturated rings. The fourth-order valence-electron chi connectivity index (χ4n) is 1.76. The Morgan fingerprint density at radius 1 is 1.30 bits per heavy atom. The number of thiazole rings is 1. The molecule has 1 heterocycles. The molecule has 6 heteroatoms. The van der Waals surface area contributed by atoms with Gasteiger partial charge in [-0.1, -0.05) is 44.5 Å². The Labute approximate surface area is 126 Å². The molecule has 1 aromatic heterocycles. The second-order valence-electron chi connectivity index (χ2n) is 5.43. The smallest absolute Gasteiger partial charge is 0.277 e. The van der Waals surface area contributed by atoms with Gasteiger partial charge in [-0.2, -0.15) is 0 Å². The van der Waals surface area contributed by atoms with Crippen molar-refractivity contribution in [2.75, 3.05) is 0 Å². The zero-order chi connectivity index (χ0) is 14.9. The molecule has 3 N–H and O–H groups in total. The number of halogens is 1. The predicted molar refractivity (Wildman–Crippen MR) is 82.9 cm³/mol. The highest BCUT2D eigenvalue weighted by molar-refractivity contribution is 7.17. The summed E-state index contributed by atoms with van der Waals surface area (Å²) < 4.78 is 0. The monoisotopic (exact) mass is 309 g/mol. The van der Waals surface area contributed by atoms with E-state index < -0.39 is 0 Å². The number of nitrogens with two attached hydrogens (primary N) is 1. The van der Waals surface area contributed by atoms with Crippen molar-refractivity contribution in [3.05, 3.63) is 39.9 Å². The van der Waals surface area contributed by atoms with Crippen LogP contribution in [0.1, 0.15) is 36.1 Å². The van der Waals surface area contributed by atoms with Crippen molar-refractivity contribution in [3.63, 3.8) is 0 Å². The largest absolute Gasteiger partial charge is 0.289 e. The molecule has 0 unspecified atom stereocenters. The summed E-state index contributed by atoms with van der Waals surface area (Å²) in [6.07, 6.45) is 0. The molecular formula is C14H16ClN3OS. The summed E-state index contributed by atoms with van der Waals surface area (Å²) in [6.45, 7) is 6.04. The normalized spacial score (nSPS) is 11.4. The molecule has 1 aromatic carbocycles. The fourth-order valence-corrected chi connectivity index (χ4v) is 3.07. The lowest BCUT2D eigenvalue weighted by atomic mass is 9.91. The topological polar surface area (TPSA) is 68.0 Å². The minimum absolute atomic E-state index is 0.233. The molecular weight excluding hydrogens is 294 g/mol. The first-order valence-electron chi connectivity index (χ1n) is 6.11. The van der Waals surface area contributed by atoms with Crippen molar-refractivity contribution in [1.82, 2.24) is 10.4 Å². The average Bonchev–Trinajstić information content (AvgIpc) is 2.83. The second-order valence-corrected chi connectivity index (χ2v) is 6.86. The van der Waals surface area contributed by atoms with Crippen LogP contribution in [0.25, 0.3) is 10.6 Å². The highest BCUT2D eigenvalue weighted by atomic mass is 35.5. The van der Waals surface area contributed by atoms with Crippen LogP contribution in [0.4, 0.5) is 0 Å². The zero-order valence-corrected chi connectivity index (χ0v) is 13.1. The maximum atomic E-state index is 11.9. The summed E-state index contributed by atoms with van der Waals surface area (Å²) >= 11 is 7.22. The van der Waals surface area contributed by atoms with Gasteiger partial charge in [0, 0.05) is 16.0 Å². The van der Waals surface area contributed by atoms with Crippen molar-refractivity contribution in [2.24, 2.45) is 5.84 Å². The Hall–Kier alpha value is -1.43. The first-order valence-corrected chi connectivity index (χ1v) is 7.30. The Morgan fingerprint density at radius 3 is 2.40 bits per heavy atom. The number of hydrogen-bond acceptors (Lipinski definition) is 4. The molecule has 0 aliphatic rings. The molecule has 0 radical (unpaired) electrons. The number of aromatic nitrogens is 1. The summed E-state index contributed by atoms with van der Waals surface area (Å²) in [5, 5.41) is 1.45. The van der Waals surface area contributed by atoms with Gasteiger partial charge in [0.25, 0.3) is 5.91 Å². The van der Waals surface area contributed by atoms with E-state index in [9.17, 15) is 4.79 Å². The number of nitrogens with zero attached hydrogens (tertiary/aromatic N) is 1. The SMILES string of the molecule is CC(C)(C)c1nc(-c2ccc(Cl)cc2)sc1C(=O)NN. The number of carbonyl (C=O) groups excluding carboxylic acids is 1. The molecule has 0 spiro atoms.